The Morgan fingerprint density at radius 2 is 2.10 bits per heavy atom. The van der Waals surface area contributed by atoms with Crippen molar-refractivity contribution in [2.24, 2.45) is 0 Å². The van der Waals surface area contributed by atoms with Crippen LogP contribution in [0.3, 0.4) is 0 Å². The smallest absolute Gasteiger partial charge is 0.343 e. The quantitative estimate of drug-likeness (QED) is 0.792. The number of ether oxygens (including phenoxy) is 2. The topological polar surface area (TPSA) is 81.7 Å². The van der Waals surface area contributed by atoms with E-state index in [1.54, 1.807) is 13.0 Å². The summed E-state index contributed by atoms with van der Waals surface area (Å²) < 4.78 is 36.4. The first-order valence-corrected chi connectivity index (χ1v) is 7.73. The van der Waals surface area contributed by atoms with Crippen LogP contribution in [0.4, 0.5) is 0 Å². The second-order valence-electron chi connectivity index (χ2n) is 4.69. The molecule has 0 heterocycles. The van der Waals surface area contributed by atoms with Crippen LogP contribution in [0.15, 0.2) is 23.1 Å². The summed E-state index contributed by atoms with van der Waals surface area (Å²) in [4.78, 5) is 11.2. The molecule has 6 nitrogen and oxygen atoms in total. The number of benzene rings is 1. The average molecular weight is 299 g/mol. The van der Waals surface area contributed by atoms with Crippen LogP contribution in [-0.2, 0) is 19.6 Å². The highest BCUT2D eigenvalue weighted by atomic mass is 32.2. The van der Waals surface area contributed by atoms with Gasteiger partial charge in [-0.05, 0) is 43.5 Å². The van der Waals surface area contributed by atoms with E-state index in [9.17, 15) is 13.2 Å². The molecule has 0 radical (unpaired) electrons. The Kier molecular flexibility index (Phi) is 4.29. The summed E-state index contributed by atoms with van der Waals surface area (Å²) in [5.74, 6) is -0.0303. The molecule has 0 atom stereocenters. The van der Waals surface area contributed by atoms with E-state index in [0.717, 1.165) is 12.8 Å². The van der Waals surface area contributed by atoms with Crippen LogP contribution in [0.5, 0.6) is 5.75 Å². The lowest BCUT2D eigenvalue weighted by molar-refractivity contribution is -0.142. The predicted molar refractivity (Wildman–Crippen MR) is 72.0 cm³/mol. The lowest BCUT2D eigenvalue weighted by Gasteiger charge is -2.10. The zero-order valence-corrected chi connectivity index (χ0v) is 12.2. The van der Waals surface area contributed by atoms with Crippen molar-refractivity contribution in [3.8, 4) is 5.75 Å². The summed E-state index contributed by atoms with van der Waals surface area (Å²) >= 11 is 0. The molecule has 2 rings (SSSR count). The molecular weight excluding hydrogens is 282 g/mol. The molecule has 1 N–H and O–H groups in total. The van der Waals surface area contributed by atoms with Crippen LogP contribution >= 0.6 is 0 Å². The Morgan fingerprint density at radius 1 is 1.40 bits per heavy atom. The Labute approximate surface area is 118 Å². The fourth-order valence-electron chi connectivity index (χ4n) is 1.64. The Bertz CT molecular complexity index is 607. The first-order chi connectivity index (χ1) is 9.42. The highest BCUT2D eigenvalue weighted by molar-refractivity contribution is 7.89. The number of carbonyl (C=O) groups excluding carboxylic acids is 1. The van der Waals surface area contributed by atoms with Gasteiger partial charge in [-0.3, -0.25) is 0 Å². The SMILES string of the molecule is COC(=O)COc1ccc(S(=O)(=O)NC2CC2)cc1C. The molecule has 7 heteroatoms. The molecule has 1 fully saturated rings. The van der Waals surface area contributed by atoms with Crippen molar-refractivity contribution in [3.05, 3.63) is 23.8 Å². The second-order valence-corrected chi connectivity index (χ2v) is 6.40. The van der Waals surface area contributed by atoms with Gasteiger partial charge in [0.2, 0.25) is 10.0 Å². The summed E-state index contributed by atoms with van der Waals surface area (Å²) in [6.45, 7) is 1.52. The normalized spacial score (nSPS) is 14.9. The standard InChI is InChI=1S/C13H17NO5S/c1-9-7-11(20(16,17)14-10-3-4-10)5-6-12(9)19-8-13(15)18-2/h5-7,10,14H,3-4,8H2,1-2H3. The van der Waals surface area contributed by atoms with Gasteiger partial charge in [-0.15, -0.1) is 0 Å². The molecule has 110 valence electrons. The van der Waals surface area contributed by atoms with Crippen molar-refractivity contribution >= 4 is 16.0 Å². The van der Waals surface area contributed by atoms with E-state index in [1.165, 1.54) is 19.2 Å². The van der Waals surface area contributed by atoms with Gasteiger partial charge in [-0.2, -0.15) is 0 Å². The maximum absolute atomic E-state index is 12.0. The first-order valence-electron chi connectivity index (χ1n) is 6.25. The molecule has 1 aliphatic rings. The molecule has 0 aromatic heterocycles. The van der Waals surface area contributed by atoms with Crippen LogP contribution in [0.1, 0.15) is 18.4 Å². The number of hydrogen-bond acceptors (Lipinski definition) is 5. The molecule has 1 aromatic rings. The molecule has 0 saturated heterocycles. The zero-order valence-electron chi connectivity index (χ0n) is 11.4. The Balaban J connectivity index is 2.10. The van der Waals surface area contributed by atoms with Crippen molar-refractivity contribution in [3.63, 3.8) is 0 Å². The number of carbonyl (C=O) groups is 1. The van der Waals surface area contributed by atoms with Crippen LogP contribution in [0.2, 0.25) is 0 Å². The number of aryl methyl sites for hydroxylation is 1. The maximum atomic E-state index is 12.0. The molecule has 20 heavy (non-hydrogen) atoms. The number of sulfonamides is 1. The average Bonchev–Trinajstić information content (AvgIpc) is 3.20. The lowest BCUT2D eigenvalue weighted by Crippen LogP contribution is -2.25. The molecule has 0 bridgehead atoms. The van der Waals surface area contributed by atoms with Gasteiger partial charge < -0.3 is 9.47 Å². The highest BCUT2D eigenvalue weighted by Gasteiger charge is 2.28. The van der Waals surface area contributed by atoms with Gasteiger partial charge in [0.1, 0.15) is 5.75 Å². The minimum Gasteiger partial charge on any atom is -0.482 e. The predicted octanol–water partition coefficient (Wildman–Crippen LogP) is 0.988. The van der Waals surface area contributed by atoms with E-state index in [2.05, 4.69) is 9.46 Å². The maximum Gasteiger partial charge on any atom is 0.343 e. The van der Waals surface area contributed by atoms with Gasteiger partial charge in [-0.1, -0.05) is 0 Å². The third kappa shape index (κ3) is 3.71. The van der Waals surface area contributed by atoms with Crippen molar-refractivity contribution in [2.45, 2.75) is 30.7 Å². The fourth-order valence-corrected chi connectivity index (χ4v) is 3.02. The molecule has 1 saturated carbocycles. The van der Waals surface area contributed by atoms with E-state index in [-0.39, 0.29) is 17.5 Å². The third-order valence-electron chi connectivity index (χ3n) is 2.93. The number of methoxy groups -OCH3 is 1. The van der Waals surface area contributed by atoms with Gasteiger partial charge >= 0.3 is 5.97 Å². The van der Waals surface area contributed by atoms with Gasteiger partial charge in [0, 0.05) is 6.04 Å². The fraction of sp³-hybridized carbons (Fsp3) is 0.462. The van der Waals surface area contributed by atoms with E-state index in [0.29, 0.717) is 11.3 Å². The van der Waals surface area contributed by atoms with Gasteiger partial charge in [0.25, 0.3) is 0 Å². The van der Waals surface area contributed by atoms with Crippen molar-refractivity contribution in [1.82, 2.24) is 4.72 Å². The van der Waals surface area contributed by atoms with Gasteiger partial charge in [-0.25, -0.2) is 17.9 Å². The molecular formula is C13H17NO5S. The van der Waals surface area contributed by atoms with Crippen LogP contribution in [-0.4, -0.2) is 34.1 Å². The third-order valence-corrected chi connectivity index (χ3v) is 4.45. The van der Waals surface area contributed by atoms with E-state index in [4.69, 9.17) is 4.74 Å². The first kappa shape index (κ1) is 14.8. The van der Waals surface area contributed by atoms with Gasteiger partial charge in [0.15, 0.2) is 6.61 Å². The second kappa shape index (κ2) is 5.80. The van der Waals surface area contributed by atoms with E-state index < -0.39 is 16.0 Å². The number of esters is 1. The van der Waals surface area contributed by atoms with E-state index >= 15 is 0 Å². The van der Waals surface area contributed by atoms with Crippen LogP contribution < -0.4 is 9.46 Å². The summed E-state index contributed by atoms with van der Waals surface area (Å²) in [6.07, 6.45) is 1.77. The Hall–Kier alpha value is -1.60. The van der Waals surface area contributed by atoms with Crippen molar-refractivity contribution in [2.75, 3.05) is 13.7 Å². The largest absolute Gasteiger partial charge is 0.482 e. The summed E-state index contributed by atoms with van der Waals surface area (Å²) in [5.41, 5.74) is 0.646. The number of rotatable bonds is 6. The lowest BCUT2D eigenvalue weighted by atomic mass is 10.2. The highest BCUT2D eigenvalue weighted by Crippen LogP contribution is 2.25. The molecule has 0 unspecified atom stereocenters. The number of hydrogen-bond donors (Lipinski definition) is 1. The minimum atomic E-state index is -3.47. The zero-order chi connectivity index (χ0) is 14.8. The molecule has 0 spiro atoms. The monoisotopic (exact) mass is 299 g/mol. The van der Waals surface area contributed by atoms with Crippen molar-refractivity contribution < 1.29 is 22.7 Å². The summed E-state index contributed by atoms with van der Waals surface area (Å²) in [5, 5.41) is 0. The summed E-state index contributed by atoms with van der Waals surface area (Å²) in [6, 6.07) is 4.59. The molecule has 1 aliphatic carbocycles. The van der Waals surface area contributed by atoms with E-state index in [1.807, 2.05) is 0 Å². The Morgan fingerprint density at radius 3 is 2.65 bits per heavy atom. The van der Waals surface area contributed by atoms with Crippen LogP contribution in [0.25, 0.3) is 0 Å². The van der Waals surface area contributed by atoms with Gasteiger partial charge in [0.05, 0.1) is 12.0 Å². The number of nitrogens with one attached hydrogen (secondary N) is 1. The summed E-state index contributed by atoms with van der Waals surface area (Å²) in [7, 11) is -2.19. The molecule has 0 amide bonds. The van der Waals surface area contributed by atoms with Crippen molar-refractivity contribution in [1.29, 1.82) is 0 Å². The minimum absolute atomic E-state index is 0.0653. The molecule has 0 aliphatic heterocycles. The van der Waals surface area contributed by atoms with Crippen LogP contribution in [0, 0.1) is 6.92 Å². The molecule has 1 aromatic carbocycles.